The predicted molar refractivity (Wildman–Crippen MR) is 206 cm³/mol. The molecule has 0 nitrogen and oxygen atoms in total. The van der Waals surface area contributed by atoms with E-state index in [1.807, 2.05) is 0 Å². The first-order chi connectivity index (χ1) is 23.8. The summed E-state index contributed by atoms with van der Waals surface area (Å²) in [5.74, 6) is 0.144. The summed E-state index contributed by atoms with van der Waals surface area (Å²) in [4.78, 5) is 0. The lowest BCUT2D eigenvalue weighted by atomic mass is 9.57. The standard InChI is InChI=1S/C49H44/c1-47(2,36-19-9-5-10-20-36)41-29-30-42-35(33-41)34-44-43(42)31-32-45(48(3,4)37-21-11-6-12-22-37)46(44)49(40-27-17-18-28-40,38-23-13-7-14-24-38)39-25-15-8-16-26-39/h5-33,40H,34H2,1-4H3. The molecule has 0 spiro atoms. The van der Waals surface area contributed by atoms with Gasteiger partial charge >= 0.3 is 0 Å². The van der Waals surface area contributed by atoms with Crippen molar-refractivity contribution in [2.24, 2.45) is 5.92 Å². The van der Waals surface area contributed by atoms with Crippen molar-refractivity contribution in [2.45, 2.75) is 50.4 Å². The number of allylic oxidation sites excluding steroid dienone is 4. The van der Waals surface area contributed by atoms with Gasteiger partial charge in [-0.15, -0.1) is 0 Å². The Morgan fingerprint density at radius 2 is 0.918 bits per heavy atom. The average Bonchev–Trinajstić information content (AvgIpc) is 3.82. The van der Waals surface area contributed by atoms with E-state index in [1.165, 1.54) is 61.2 Å². The van der Waals surface area contributed by atoms with Crippen molar-refractivity contribution in [3.05, 3.63) is 226 Å². The highest BCUT2D eigenvalue weighted by Crippen LogP contribution is 2.56. The predicted octanol–water partition coefficient (Wildman–Crippen LogP) is 12.0. The van der Waals surface area contributed by atoms with Crippen LogP contribution in [-0.4, -0.2) is 0 Å². The van der Waals surface area contributed by atoms with Gasteiger partial charge in [0, 0.05) is 16.7 Å². The lowest BCUT2D eigenvalue weighted by molar-refractivity contribution is 0.503. The number of fused-ring (bicyclic) bond motifs is 3. The molecule has 0 saturated heterocycles. The summed E-state index contributed by atoms with van der Waals surface area (Å²) in [5, 5.41) is 0. The lowest BCUT2D eigenvalue weighted by Gasteiger charge is -2.45. The monoisotopic (exact) mass is 632 g/mol. The highest BCUT2D eigenvalue weighted by atomic mass is 14.5. The molecule has 6 aromatic rings. The van der Waals surface area contributed by atoms with Gasteiger partial charge in [-0.25, -0.2) is 0 Å². The maximum atomic E-state index is 2.50. The molecule has 0 aliphatic heterocycles. The van der Waals surface area contributed by atoms with Crippen molar-refractivity contribution in [1.82, 2.24) is 0 Å². The van der Waals surface area contributed by atoms with Crippen LogP contribution in [0.2, 0.25) is 0 Å². The molecule has 0 radical (unpaired) electrons. The Morgan fingerprint density at radius 3 is 1.45 bits per heavy atom. The van der Waals surface area contributed by atoms with Crippen molar-refractivity contribution < 1.29 is 0 Å². The van der Waals surface area contributed by atoms with Gasteiger partial charge in [-0.05, 0) is 67.6 Å². The smallest absolute Gasteiger partial charge is 0.0554 e. The third-order valence-corrected chi connectivity index (χ3v) is 11.6. The number of hydrogen-bond donors (Lipinski definition) is 0. The molecular weight excluding hydrogens is 589 g/mol. The van der Waals surface area contributed by atoms with Gasteiger partial charge in [-0.3, -0.25) is 0 Å². The molecule has 0 fully saturated rings. The first-order valence-corrected chi connectivity index (χ1v) is 17.7. The molecule has 0 N–H and O–H groups in total. The highest BCUT2D eigenvalue weighted by Gasteiger charge is 2.48. The zero-order chi connectivity index (χ0) is 33.6. The molecule has 0 aromatic heterocycles. The van der Waals surface area contributed by atoms with Crippen molar-refractivity contribution in [3.63, 3.8) is 0 Å². The van der Waals surface area contributed by atoms with Crippen LogP contribution in [0.1, 0.15) is 77.8 Å². The first kappa shape index (κ1) is 31.1. The molecule has 240 valence electrons. The fourth-order valence-corrected chi connectivity index (χ4v) is 8.80. The summed E-state index contributed by atoms with van der Waals surface area (Å²) in [5.41, 5.74) is 14.3. The molecule has 8 rings (SSSR count). The molecule has 0 heterocycles. The van der Waals surface area contributed by atoms with Gasteiger partial charge in [-0.2, -0.15) is 0 Å². The summed E-state index contributed by atoms with van der Waals surface area (Å²) in [6.45, 7) is 9.54. The SMILES string of the molecule is CC(C)(c1ccccc1)c1ccc2c(c1)Cc1c-2ccc(C(C)(C)c2ccccc2)c1C(c1ccccc1)(c1ccccc1)C1C=CC=C1. The van der Waals surface area contributed by atoms with Crippen LogP contribution in [0.3, 0.4) is 0 Å². The molecule has 2 aliphatic carbocycles. The van der Waals surface area contributed by atoms with Crippen LogP contribution in [-0.2, 0) is 22.7 Å². The normalized spacial score (nSPS) is 14.2. The summed E-state index contributed by atoms with van der Waals surface area (Å²) in [7, 11) is 0. The van der Waals surface area contributed by atoms with Gasteiger partial charge in [0.2, 0.25) is 0 Å². The van der Waals surface area contributed by atoms with Crippen LogP contribution in [0, 0.1) is 5.92 Å². The second-order valence-electron chi connectivity index (χ2n) is 14.9. The minimum atomic E-state index is -0.451. The van der Waals surface area contributed by atoms with E-state index in [2.05, 4.69) is 204 Å². The van der Waals surface area contributed by atoms with Crippen LogP contribution >= 0.6 is 0 Å². The zero-order valence-corrected chi connectivity index (χ0v) is 29.0. The summed E-state index contributed by atoms with van der Waals surface area (Å²) >= 11 is 0. The fourth-order valence-electron chi connectivity index (χ4n) is 8.80. The maximum absolute atomic E-state index is 2.50. The van der Waals surface area contributed by atoms with Crippen LogP contribution in [0.25, 0.3) is 11.1 Å². The quantitative estimate of drug-likeness (QED) is 0.146. The van der Waals surface area contributed by atoms with E-state index >= 15 is 0 Å². The largest absolute Gasteiger partial charge is 0.0761 e. The Bertz CT molecular complexity index is 2110. The van der Waals surface area contributed by atoms with Gasteiger partial charge in [-0.1, -0.05) is 204 Å². The Labute approximate surface area is 292 Å². The first-order valence-electron chi connectivity index (χ1n) is 17.7. The number of benzene rings is 6. The third kappa shape index (κ3) is 4.96. The maximum Gasteiger partial charge on any atom is 0.0554 e. The van der Waals surface area contributed by atoms with Crippen LogP contribution in [0.4, 0.5) is 0 Å². The van der Waals surface area contributed by atoms with E-state index in [1.54, 1.807) is 0 Å². The second-order valence-corrected chi connectivity index (χ2v) is 14.9. The van der Waals surface area contributed by atoms with Gasteiger partial charge in [0.15, 0.2) is 0 Å². The Kier molecular flexibility index (Phi) is 7.64. The van der Waals surface area contributed by atoms with Crippen molar-refractivity contribution in [3.8, 4) is 11.1 Å². The number of rotatable bonds is 8. The van der Waals surface area contributed by atoms with Crippen molar-refractivity contribution >= 4 is 0 Å². The van der Waals surface area contributed by atoms with E-state index in [9.17, 15) is 0 Å². The Balaban J connectivity index is 1.44. The van der Waals surface area contributed by atoms with E-state index in [4.69, 9.17) is 0 Å². The van der Waals surface area contributed by atoms with E-state index in [-0.39, 0.29) is 16.7 Å². The molecule has 0 atom stereocenters. The molecule has 49 heavy (non-hydrogen) atoms. The molecule has 0 unspecified atom stereocenters. The minimum Gasteiger partial charge on any atom is -0.0761 e. The van der Waals surface area contributed by atoms with Crippen molar-refractivity contribution in [1.29, 1.82) is 0 Å². The zero-order valence-electron chi connectivity index (χ0n) is 29.0. The van der Waals surface area contributed by atoms with Gasteiger partial charge in [0.25, 0.3) is 0 Å². The van der Waals surface area contributed by atoms with Crippen LogP contribution < -0.4 is 0 Å². The Hall–Kier alpha value is -5.20. The second kappa shape index (κ2) is 12.0. The molecule has 0 heteroatoms. The van der Waals surface area contributed by atoms with Crippen molar-refractivity contribution in [2.75, 3.05) is 0 Å². The van der Waals surface area contributed by atoms with E-state index in [0.717, 1.165) is 6.42 Å². The van der Waals surface area contributed by atoms with E-state index in [0.29, 0.717) is 0 Å². The average molecular weight is 633 g/mol. The molecule has 0 bridgehead atoms. The molecule has 0 amide bonds. The molecule has 2 aliphatic rings. The lowest BCUT2D eigenvalue weighted by Crippen LogP contribution is -2.40. The topological polar surface area (TPSA) is 0 Å². The molecule has 6 aromatic carbocycles. The third-order valence-electron chi connectivity index (χ3n) is 11.6. The van der Waals surface area contributed by atoms with Crippen LogP contribution in [0.15, 0.2) is 176 Å². The fraction of sp³-hybridized carbons (Fsp3) is 0.184. The number of hydrogen-bond acceptors (Lipinski definition) is 0. The summed E-state index contributed by atoms with van der Waals surface area (Å²) in [6, 6.07) is 56.7. The summed E-state index contributed by atoms with van der Waals surface area (Å²) in [6.07, 6.45) is 10.2. The van der Waals surface area contributed by atoms with Gasteiger partial charge < -0.3 is 0 Å². The molecular formula is C49H44. The minimum absolute atomic E-state index is 0.106. The van der Waals surface area contributed by atoms with E-state index < -0.39 is 5.41 Å². The van der Waals surface area contributed by atoms with Gasteiger partial charge in [0.05, 0.1) is 5.41 Å². The highest BCUT2D eigenvalue weighted by molar-refractivity contribution is 5.82. The Morgan fingerprint density at radius 1 is 0.449 bits per heavy atom. The van der Waals surface area contributed by atoms with Crippen LogP contribution in [0.5, 0.6) is 0 Å². The van der Waals surface area contributed by atoms with Gasteiger partial charge in [0.1, 0.15) is 0 Å². The molecule has 0 saturated carbocycles. The summed E-state index contributed by atoms with van der Waals surface area (Å²) < 4.78 is 0.